The lowest BCUT2D eigenvalue weighted by Gasteiger charge is -2.19. The van der Waals surface area contributed by atoms with Gasteiger partial charge in [-0.05, 0) is 26.3 Å². The maximum atomic E-state index is 12.1. The molecule has 0 aromatic heterocycles. The van der Waals surface area contributed by atoms with Crippen LogP contribution in [0.15, 0.2) is 11.9 Å². The number of alkyl halides is 1. The molecule has 0 aliphatic carbocycles. The van der Waals surface area contributed by atoms with E-state index < -0.39 is 11.6 Å². The largest absolute Gasteiger partial charge is 0.460 e. The van der Waals surface area contributed by atoms with Gasteiger partial charge in [0.25, 0.3) is 0 Å². The zero-order chi connectivity index (χ0) is 10.5. The first kappa shape index (κ1) is 12.6. The first-order chi connectivity index (χ1) is 5.89. The van der Waals surface area contributed by atoms with E-state index in [-0.39, 0.29) is 6.42 Å². The molecule has 0 rings (SSSR count). The Kier molecular flexibility index (Phi) is 5.21. The number of ether oxygens (including phenoxy) is 1. The standard InChI is InChI=1S/C9H14BrFO2/c1-9(2,3)13-8(12)4-7(5-10)6-11/h6H,4-5H2,1-3H3. The average Bonchev–Trinajstić information content (AvgIpc) is 1.96. The van der Waals surface area contributed by atoms with Gasteiger partial charge in [-0.25, -0.2) is 4.39 Å². The van der Waals surface area contributed by atoms with Gasteiger partial charge in [0, 0.05) is 5.33 Å². The molecule has 0 aromatic carbocycles. The van der Waals surface area contributed by atoms with Crippen LogP contribution in [0.2, 0.25) is 0 Å². The molecule has 13 heavy (non-hydrogen) atoms. The topological polar surface area (TPSA) is 26.3 Å². The molecule has 0 heterocycles. The Morgan fingerprint density at radius 3 is 2.38 bits per heavy atom. The highest BCUT2D eigenvalue weighted by molar-refractivity contribution is 9.09. The smallest absolute Gasteiger partial charge is 0.310 e. The summed E-state index contributed by atoms with van der Waals surface area (Å²) in [5, 5.41) is 0.350. The molecular formula is C9H14BrFO2. The van der Waals surface area contributed by atoms with Crippen molar-refractivity contribution in [3.05, 3.63) is 11.9 Å². The van der Waals surface area contributed by atoms with Crippen LogP contribution in [0.25, 0.3) is 0 Å². The Morgan fingerprint density at radius 2 is 2.08 bits per heavy atom. The van der Waals surface area contributed by atoms with E-state index in [4.69, 9.17) is 4.74 Å². The van der Waals surface area contributed by atoms with E-state index in [9.17, 15) is 9.18 Å². The summed E-state index contributed by atoms with van der Waals surface area (Å²) in [7, 11) is 0. The Labute approximate surface area is 86.3 Å². The van der Waals surface area contributed by atoms with Gasteiger partial charge in [0.2, 0.25) is 0 Å². The van der Waals surface area contributed by atoms with Crippen molar-refractivity contribution < 1.29 is 13.9 Å². The molecule has 0 saturated carbocycles. The molecule has 0 N–H and O–H groups in total. The summed E-state index contributed by atoms with van der Waals surface area (Å²) in [5.74, 6) is -0.407. The van der Waals surface area contributed by atoms with Crippen molar-refractivity contribution in [1.29, 1.82) is 0 Å². The van der Waals surface area contributed by atoms with Gasteiger partial charge in [-0.15, -0.1) is 0 Å². The zero-order valence-corrected chi connectivity index (χ0v) is 9.65. The molecule has 0 atom stereocenters. The molecule has 0 bridgehead atoms. The van der Waals surface area contributed by atoms with Gasteiger partial charge in [0.05, 0.1) is 12.8 Å². The summed E-state index contributed by atoms with van der Waals surface area (Å²) in [6, 6.07) is 0. The average molecular weight is 253 g/mol. The van der Waals surface area contributed by atoms with Crippen molar-refractivity contribution in [3.63, 3.8) is 0 Å². The minimum absolute atomic E-state index is 0.000972. The Morgan fingerprint density at radius 1 is 1.54 bits per heavy atom. The Hall–Kier alpha value is -0.380. The fourth-order valence-corrected chi connectivity index (χ4v) is 0.999. The molecule has 0 unspecified atom stereocenters. The normalized spacial score (nSPS) is 12.8. The van der Waals surface area contributed by atoms with Crippen LogP contribution in [0.5, 0.6) is 0 Å². The van der Waals surface area contributed by atoms with E-state index in [2.05, 4.69) is 15.9 Å². The van der Waals surface area contributed by atoms with Gasteiger partial charge in [-0.2, -0.15) is 0 Å². The number of esters is 1. The van der Waals surface area contributed by atoms with Gasteiger partial charge < -0.3 is 4.74 Å². The fourth-order valence-electron chi connectivity index (χ4n) is 0.678. The SMILES string of the molecule is CC(C)(C)OC(=O)CC(=CF)CBr. The first-order valence-electron chi connectivity index (χ1n) is 3.95. The van der Waals surface area contributed by atoms with Crippen LogP contribution in [0.3, 0.4) is 0 Å². The number of carbonyl (C=O) groups excluding carboxylic acids is 1. The molecule has 2 nitrogen and oxygen atoms in total. The lowest BCUT2D eigenvalue weighted by Crippen LogP contribution is -2.24. The van der Waals surface area contributed by atoms with Crippen LogP contribution in [0.1, 0.15) is 27.2 Å². The molecule has 0 radical (unpaired) electrons. The van der Waals surface area contributed by atoms with Crippen LogP contribution < -0.4 is 0 Å². The summed E-state index contributed by atoms with van der Waals surface area (Å²) in [6.45, 7) is 5.33. The summed E-state index contributed by atoms with van der Waals surface area (Å²) in [6.07, 6.45) is 0.428. The van der Waals surface area contributed by atoms with Crippen LogP contribution in [0, 0.1) is 0 Å². The van der Waals surface area contributed by atoms with E-state index in [1.54, 1.807) is 20.8 Å². The number of carbonyl (C=O) groups is 1. The zero-order valence-electron chi connectivity index (χ0n) is 8.06. The van der Waals surface area contributed by atoms with Crippen molar-refractivity contribution in [1.82, 2.24) is 0 Å². The number of hydrogen-bond acceptors (Lipinski definition) is 2. The second-order valence-corrected chi connectivity index (χ2v) is 4.22. The maximum Gasteiger partial charge on any atom is 0.310 e. The highest BCUT2D eigenvalue weighted by Gasteiger charge is 2.16. The first-order valence-corrected chi connectivity index (χ1v) is 5.07. The quantitative estimate of drug-likeness (QED) is 0.571. The summed E-state index contributed by atoms with van der Waals surface area (Å²) < 4.78 is 17.1. The van der Waals surface area contributed by atoms with E-state index in [1.807, 2.05) is 0 Å². The molecule has 0 aliphatic heterocycles. The van der Waals surface area contributed by atoms with Crippen molar-refractivity contribution >= 4 is 21.9 Å². The predicted octanol–water partition coefficient (Wildman–Crippen LogP) is 2.97. The third-order valence-corrected chi connectivity index (χ3v) is 1.84. The van der Waals surface area contributed by atoms with Crippen molar-refractivity contribution in [3.8, 4) is 0 Å². The molecule has 0 aromatic rings. The van der Waals surface area contributed by atoms with Gasteiger partial charge in [-0.3, -0.25) is 4.79 Å². The van der Waals surface area contributed by atoms with Crippen LogP contribution in [-0.2, 0) is 9.53 Å². The molecule has 0 amide bonds. The molecule has 4 heteroatoms. The van der Waals surface area contributed by atoms with Crippen molar-refractivity contribution in [2.45, 2.75) is 32.8 Å². The summed E-state index contributed by atoms with van der Waals surface area (Å²) in [4.78, 5) is 11.1. The molecule has 0 fully saturated rings. The summed E-state index contributed by atoms with van der Waals surface area (Å²) >= 11 is 3.07. The minimum Gasteiger partial charge on any atom is -0.460 e. The van der Waals surface area contributed by atoms with Gasteiger partial charge in [-0.1, -0.05) is 15.9 Å². The fraction of sp³-hybridized carbons (Fsp3) is 0.667. The predicted molar refractivity (Wildman–Crippen MR) is 53.4 cm³/mol. The number of halogens is 2. The highest BCUT2D eigenvalue weighted by Crippen LogP contribution is 2.12. The van der Waals surface area contributed by atoms with Gasteiger partial charge >= 0.3 is 5.97 Å². The Balaban J connectivity index is 4.02. The number of rotatable bonds is 3. The van der Waals surface area contributed by atoms with E-state index in [1.165, 1.54) is 0 Å². The summed E-state index contributed by atoms with van der Waals surface area (Å²) in [5.41, 5.74) is -0.126. The lowest BCUT2D eigenvalue weighted by molar-refractivity contribution is -0.153. The molecule has 0 saturated heterocycles. The van der Waals surface area contributed by atoms with Gasteiger partial charge in [0.15, 0.2) is 0 Å². The molecule has 76 valence electrons. The highest BCUT2D eigenvalue weighted by atomic mass is 79.9. The third-order valence-electron chi connectivity index (χ3n) is 1.12. The van der Waals surface area contributed by atoms with Crippen LogP contribution in [-0.4, -0.2) is 16.9 Å². The molecule has 0 spiro atoms. The maximum absolute atomic E-state index is 12.1. The molecular weight excluding hydrogens is 239 g/mol. The monoisotopic (exact) mass is 252 g/mol. The Bertz CT molecular complexity index is 206. The van der Waals surface area contributed by atoms with Gasteiger partial charge in [0.1, 0.15) is 5.60 Å². The van der Waals surface area contributed by atoms with Crippen molar-refractivity contribution in [2.75, 3.05) is 5.33 Å². The minimum atomic E-state index is -0.509. The lowest BCUT2D eigenvalue weighted by atomic mass is 10.2. The van der Waals surface area contributed by atoms with Crippen molar-refractivity contribution in [2.24, 2.45) is 0 Å². The third kappa shape index (κ3) is 6.75. The van der Waals surface area contributed by atoms with Crippen LogP contribution >= 0.6 is 15.9 Å². The van der Waals surface area contributed by atoms with Crippen LogP contribution in [0.4, 0.5) is 4.39 Å². The number of hydrogen-bond donors (Lipinski definition) is 0. The van der Waals surface area contributed by atoms with E-state index in [0.717, 1.165) is 0 Å². The second-order valence-electron chi connectivity index (χ2n) is 3.66. The molecule has 0 aliphatic rings. The second kappa shape index (κ2) is 5.37. The van der Waals surface area contributed by atoms with E-state index >= 15 is 0 Å². The van der Waals surface area contributed by atoms with E-state index in [0.29, 0.717) is 17.2 Å².